The predicted octanol–water partition coefficient (Wildman–Crippen LogP) is 3.47. The highest BCUT2D eigenvalue weighted by Crippen LogP contribution is 2.30. The number of hydrogen-bond donors (Lipinski definition) is 4. The van der Waals surface area contributed by atoms with Crippen LogP contribution in [-0.4, -0.2) is 33.5 Å². The first-order chi connectivity index (χ1) is 15.6. The third-order valence-corrected chi connectivity index (χ3v) is 6.41. The second kappa shape index (κ2) is 9.55. The minimum atomic E-state index is -3.98. The van der Waals surface area contributed by atoms with Gasteiger partial charge in [-0.15, -0.1) is 0 Å². The molecule has 0 aliphatic rings. The summed E-state index contributed by atoms with van der Waals surface area (Å²) in [5, 5.41) is 6.25. The van der Waals surface area contributed by atoms with Gasteiger partial charge in [0.1, 0.15) is 6.67 Å². The topological polar surface area (TPSA) is 130 Å². The number of amides is 2. The molecule has 0 aromatic heterocycles. The van der Waals surface area contributed by atoms with Gasteiger partial charge in [0, 0.05) is 27.8 Å². The van der Waals surface area contributed by atoms with E-state index in [1.165, 1.54) is 44.2 Å². The molecule has 0 atom stereocenters. The zero-order valence-corrected chi connectivity index (χ0v) is 19.0. The summed E-state index contributed by atoms with van der Waals surface area (Å²) in [6.07, 6.45) is 0. The summed E-state index contributed by atoms with van der Waals surface area (Å²) in [7, 11) is -3.98. The van der Waals surface area contributed by atoms with E-state index in [1.807, 2.05) is 0 Å². The van der Waals surface area contributed by atoms with Crippen molar-refractivity contribution >= 4 is 49.7 Å². The molecule has 0 radical (unpaired) electrons. The molecule has 0 fully saturated rings. The molecule has 3 aromatic rings. The van der Waals surface area contributed by atoms with E-state index in [2.05, 4.69) is 15.4 Å². The Kier molecular flexibility index (Phi) is 6.99. The molecule has 0 aliphatic carbocycles. The van der Waals surface area contributed by atoms with Gasteiger partial charge in [0.15, 0.2) is 0 Å². The van der Waals surface area contributed by atoms with Crippen LogP contribution in [0.15, 0.2) is 65.6 Å². The molecule has 10 heteroatoms. The van der Waals surface area contributed by atoms with Crippen LogP contribution in [0.4, 0.5) is 21.5 Å². The zero-order valence-electron chi connectivity index (χ0n) is 18.2. The molecule has 3 rings (SSSR count). The summed E-state index contributed by atoms with van der Waals surface area (Å²) in [4.78, 5) is 23.8. The van der Waals surface area contributed by atoms with E-state index in [-0.39, 0.29) is 17.1 Å². The van der Waals surface area contributed by atoms with Gasteiger partial charge in [-0.2, -0.15) is 0 Å². The first kappa shape index (κ1) is 24.1. The van der Waals surface area contributed by atoms with Gasteiger partial charge in [0.25, 0.3) is 10.0 Å². The molecular weight excluding hydrogens is 447 g/mol. The highest BCUT2D eigenvalue weighted by Gasteiger charge is 2.27. The molecule has 3 aromatic carbocycles. The monoisotopic (exact) mass is 472 g/mol. The summed E-state index contributed by atoms with van der Waals surface area (Å²) in [5.74, 6) is -0.873. The van der Waals surface area contributed by atoms with Crippen LogP contribution in [0.25, 0.3) is 10.8 Å². The molecule has 33 heavy (non-hydrogen) atoms. The molecule has 174 valence electrons. The van der Waals surface area contributed by atoms with Gasteiger partial charge in [-0.1, -0.05) is 24.3 Å². The van der Waals surface area contributed by atoms with Crippen molar-refractivity contribution in [2.24, 2.45) is 11.1 Å². The van der Waals surface area contributed by atoms with Crippen molar-refractivity contribution < 1.29 is 22.4 Å². The van der Waals surface area contributed by atoms with E-state index in [0.717, 1.165) is 0 Å². The maximum Gasteiger partial charge on any atom is 0.262 e. The normalized spacial score (nSPS) is 11.8. The fraction of sp³-hybridized carbons (Fsp3) is 0.217. The Hall–Kier alpha value is -3.50. The molecule has 0 spiro atoms. The maximum atomic E-state index is 13.1. The number of anilines is 3. The minimum absolute atomic E-state index is 0.0333. The second-order valence-corrected chi connectivity index (χ2v) is 9.71. The Bertz CT molecular complexity index is 1290. The molecule has 5 N–H and O–H groups in total. The standard InChI is InChI=1S/C23H25FN4O4S/c1-23(2,14-24)22(30)26-15-9-11-16(12-10-15)28-33(31,32)20-8-4-5-17-18(20)6-3-7-19(17)27-21(29)13-25/h3-12,28H,13-14,25H2,1-2H3,(H,26,30)(H,27,29). The van der Waals surface area contributed by atoms with Crippen molar-refractivity contribution in [3.05, 3.63) is 60.7 Å². The van der Waals surface area contributed by atoms with E-state index < -0.39 is 33.9 Å². The molecule has 0 saturated heterocycles. The largest absolute Gasteiger partial charge is 0.326 e. The van der Waals surface area contributed by atoms with Crippen molar-refractivity contribution in [2.45, 2.75) is 18.7 Å². The van der Waals surface area contributed by atoms with Crippen LogP contribution in [0, 0.1) is 5.41 Å². The fourth-order valence-electron chi connectivity index (χ4n) is 3.02. The lowest BCUT2D eigenvalue weighted by Crippen LogP contribution is -2.32. The fourth-order valence-corrected chi connectivity index (χ4v) is 4.30. The minimum Gasteiger partial charge on any atom is -0.326 e. The van der Waals surface area contributed by atoms with Gasteiger partial charge < -0.3 is 16.4 Å². The molecule has 0 bridgehead atoms. The first-order valence-corrected chi connectivity index (χ1v) is 11.6. The lowest BCUT2D eigenvalue weighted by Gasteiger charge is -2.19. The summed E-state index contributed by atoms with van der Waals surface area (Å²) in [6, 6.07) is 15.7. The first-order valence-electron chi connectivity index (χ1n) is 10.1. The van der Waals surface area contributed by atoms with Crippen LogP contribution in [-0.2, 0) is 19.6 Å². The van der Waals surface area contributed by atoms with Gasteiger partial charge in [-0.05, 0) is 50.2 Å². The summed E-state index contributed by atoms with van der Waals surface area (Å²) < 4.78 is 41.7. The zero-order chi connectivity index (χ0) is 24.2. The average molecular weight is 473 g/mol. The second-order valence-electron chi connectivity index (χ2n) is 8.06. The van der Waals surface area contributed by atoms with Crippen molar-refractivity contribution in [3.63, 3.8) is 0 Å². The SMILES string of the molecule is CC(C)(CF)C(=O)Nc1ccc(NS(=O)(=O)c2cccc3c(NC(=O)CN)cccc23)cc1. The van der Waals surface area contributed by atoms with Crippen molar-refractivity contribution in [1.82, 2.24) is 0 Å². The number of sulfonamides is 1. The van der Waals surface area contributed by atoms with Crippen LogP contribution >= 0.6 is 0 Å². The van der Waals surface area contributed by atoms with E-state index in [9.17, 15) is 22.4 Å². The number of rotatable bonds is 8. The molecule has 0 aliphatic heterocycles. The van der Waals surface area contributed by atoms with E-state index in [0.29, 0.717) is 22.1 Å². The number of nitrogens with one attached hydrogen (secondary N) is 3. The number of hydrogen-bond acceptors (Lipinski definition) is 5. The van der Waals surface area contributed by atoms with Crippen molar-refractivity contribution in [3.8, 4) is 0 Å². The van der Waals surface area contributed by atoms with Gasteiger partial charge >= 0.3 is 0 Å². The quantitative estimate of drug-likeness (QED) is 0.399. The Labute approximate surface area is 191 Å². The number of alkyl halides is 1. The predicted molar refractivity (Wildman–Crippen MR) is 127 cm³/mol. The van der Waals surface area contributed by atoms with E-state index >= 15 is 0 Å². The van der Waals surface area contributed by atoms with Crippen molar-refractivity contribution in [1.29, 1.82) is 0 Å². The van der Waals surface area contributed by atoms with Gasteiger partial charge in [0.05, 0.1) is 16.9 Å². The lowest BCUT2D eigenvalue weighted by atomic mass is 9.94. The smallest absolute Gasteiger partial charge is 0.262 e. The van der Waals surface area contributed by atoms with Gasteiger partial charge in [0.2, 0.25) is 11.8 Å². The molecular formula is C23H25FN4O4S. The van der Waals surface area contributed by atoms with Crippen LogP contribution in [0.3, 0.4) is 0 Å². The number of benzene rings is 3. The Morgan fingerprint density at radius 1 is 0.909 bits per heavy atom. The van der Waals surface area contributed by atoms with E-state index in [4.69, 9.17) is 5.73 Å². The molecule has 8 nitrogen and oxygen atoms in total. The van der Waals surface area contributed by atoms with Gasteiger partial charge in [-0.25, -0.2) is 12.8 Å². The third-order valence-electron chi connectivity index (χ3n) is 4.97. The highest BCUT2D eigenvalue weighted by molar-refractivity contribution is 7.93. The maximum absolute atomic E-state index is 13.1. The molecule has 0 heterocycles. The lowest BCUT2D eigenvalue weighted by molar-refractivity contribution is -0.124. The van der Waals surface area contributed by atoms with Crippen LogP contribution < -0.4 is 21.1 Å². The Morgan fingerprint density at radius 3 is 2.15 bits per heavy atom. The Balaban J connectivity index is 1.86. The molecule has 0 unspecified atom stereocenters. The van der Waals surface area contributed by atoms with Crippen LogP contribution in [0.1, 0.15) is 13.8 Å². The average Bonchev–Trinajstić information content (AvgIpc) is 2.79. The van der Waals surface area contributed by atoms with Crippen LogP contribution in [0.2, 0.25) is 0 Å². The summed E-state index contributed by atoms with van der Waals surface area (Å²) in [6.45, 7) is 1.97. The summed E-state index contributed by atoms with van der Waals surface area (Å²) in [5.41, 5.74) is 5.33. The highest BCUT2D eigenvalue weighted by atomic mass is 32.2. The number of carbonyl (C=O) groups is 2. The number of fused-ring (bicyclic) bond motifs is 1. The van der Waals surface area contributed by atoms with Crippen molar-refractivity contribution in [2.75, 3.05) is 28.6 Å². The molecule has 2 amide bonds. The number of halogens is 1. The molecule has 0 saturated carbocycles. The number of nitrogens with two attached hydrogens (primary N) is 1. The van der Waals surface area contributed by atoms with Gasteiger partial charge in [-0.3, -0.25) is 14.3 Å². The van der Waals surface area contributed by atoms with Crippen LogP contribution in [0.5, 0.6) is 0 Å². The third kappa shape index (κ3) is 5.47. The Morgan fingerprint density at radius 2 is 1.52 bits per heavy atom. The van der Waals surface area contributed by atoms with E-state index in [1.54, 1.807) is 30.3 Å². The summed E-state index contributed by atoms with van der Waals surface area (Å²) >= 11 is 0. The number of carbonyl (C=O) groups excluding carboxylic acids is 2.